The van der Waals surface area contributed by atoms with Crippen molar-refractivity contribution in [1.29, 1.82) is 0 Å². The Hall–Kier alpha value is -3.91. The van der Waals surface area contributed by atoms with Crippen molar-refractivity contribution < 1.29 is 18.7 Å². The van der Waals surface area contributed by atoms with Crippen LogP contribution in [-0.4, -0.2) is 41.2 Å². The third kappa shape index (κ3) is 4.72. The van der Waals surface area contributed by atoms with Crippen molar-refractivity contribution >= 4 is 16.8 Å². The molecule has 0 radical (unpaired) electrons. The number of furan rings is 1. The Labute approximate surface area is 197 Å². The molecule has 0 aliphatic rings. The fourth-order valence-electron chi connectivity index (χ4n) is 3.92. The van der Waals surface area contributed by atoms with Crippen LogP contribution in [0.4, 0.5) is 0 Å². The van der Waals surface area contributed by atoms with E-state index in [1.54, 1.807) is 72.4 Å². The number of amides is 1. The Morgan fingerprint density at radius 3 is 2.68 bits per heavy atom. The molecule has 8 heteroatoms. The summed E-state index contributed by atoms with van der Waals surface area (Å²) in [6.07, 6.45) is 1.57. The van der Waals surface area contributed by atoms with Gasteiger partial charge in [-0.2, -0.15) is 0 Å². The highest BCUT2D eigenvalue weighted by Gasteiger charge is 2.28. The number of rotatable bonds is 9. The number of fused-ring (bicyclic) bond motifs is 1. The Kier molecular flexibility index (Phi) is 7.08. The van der Waals surface area contributed by atoms with Crippen LogP contribution < -0.4 is 10.3 Å². The maximum absolute atomic E-state index is 13.7. The third-order valence-corrected chi connectivity index (χ3v) is 5.74. The summed E-state index contributed by atoms with van der Waals surface area (Å²) in [4.78, 5) is 33.5. The van der Waals surface area contributed by atoms with Crippen molar-refractivity contribution in [2.75, 3.05) is 20.8 Å². The highest BCUT2D eigenvalue weighted by molar-refractivity contribution is 5.94. The van der Waals surface area contributed by atoms with Gasteiger partial charge in [0.25, 0.3) is 11.5 Å². The largest absolute Gasteiger partial charge is 0.497 e. The van der Waals surface area contributed by atoms with Crippen molar-refractivity contribution in [3.63, 3.8) is 0 Å². The molecular formula is C26H27N3O5. The Balaban J connectivity index is 1.82. The Bertz CT molecular complexity index is 1330. The van der Waals surface area contributed by atoms with Gasteiger partial charge in [-0.25, -0.2) is 4.98 Å². The molecule has 1 amide bonds. The van der Waals surface area contributed by atoms with E-state index in [1.165, 1.54) is 0 Å². The first-order valence-electron chi connectivity index (χ1n) is 11.0. The highest BCUT2D eigenvalue weighted by atomic mass is 16.5. The molecule has 0 bridgehead atoms. The molecule has 2 heterocycles. The van der Waals surface area contributed by atoms with Crippen molar-refractivity contribution in [3.8, 4) is 5.75 Å². The summed E-state index contributed by atoms with van der Waals surface area (Å²) >= 11 is 0. The zero-order valence-corrected chi connectivity index (χ0v) is 19.4. The SMILES string of the molecule is COCCn1c(C(C)N(Cc2ccco2)C(=O)c2cccc(OC)c2)nc2ccccc2c1=O. The summed E-state index contributed by atoms with van der Waals surface area (Å²) in [5.74, 6) is 1.44. The minimum atomic E-state index is -0.544. The predicted molar refractivity (Wildman–Crippen MR) is 128 cm³/mol. The van der Waals surface area contributed by atoms with Gasteiger partial charge in [0.1, 0.15) is 17.3 Å². The summed E-state index contributed by atoms with van der Waals surface area (Å²) < 4.78 is 17.7. The van der Waals surface area contributed by atoms with Crippen LogP contribution in [0.5, 0.6) is 5.75 Å². The molecule has 1 atom stereocenters. The number of carbonyl (C=O) groups excluding carboxylic acids is 1. The molecule has 34 heavy (non-hydrogen) atoms. The predicted octanol–water partition coefficient (Wildman–Crippen LogP) is 4.05. The van der Waals surface area contributed by atoms with E-state index in [0.717, 1.165) is 0 Å². The normalized spacial score (nSPS) is 12.0. The number of para-hydroxylation sites is 1. The standard InChI is InChI=1S/C26H27N3O5/c1-18(24-27-23-12-5-4-11-22(23)26(31)28(24)13-15-32-2)29(17-21-10-7-14-34-21)25(30)19-8-6-9-20(16-19)33-3/h4-12,14,16,18H,13,15,17H2,1-3H3. The third-order valence-electron chi connectivity index (χ3n) is 5.74. The molecule has 2 aromatic carbocycles. The van der Waals surface area contributed by atoms with Crippen LogP contribution in [0, 0.1) is 0 Å². The number of carbonyl (C=O) groups is 1. The van der Waals surface area contributed by atoms with Crippen LogP contribution in [0.15, 0.2) is 76.1 Å². The highest BCUT2D eigenvalue weighted by Crippen LogP contribution is 2.26. The quantitative estimate of drug-likeness (QED) is 0.374. The summed E-state index contributed by atoms with van der Waals surface area (Å²) in [5, 5.41) is 0.520. The molecule has 0 fully saturated rings. The number of methoxy groups -OCH3 is 2. The van der Waals surface area contributed by atoms with Crippen molar-refractivity contribution in [2.45, 2.75) is 26.1 Å². The number of benzene rings is 2. The van der Waals surface area contributed by atoms with E-state index < -0.39 is 6.04 Å². The van der Waals surface area contributed by atoms with Gasteiger partial charge >= 0.3 is 0 Å². The summed E-state index contributed by atoms with van der Waals surface area (Å²) in [6, 6.07) is 17.2. The van der Waals surface area contributed by atoms with Crippen LogP contribution in [0.2, 0.25) is 0 Å². The van der Waals surface area contributed by atoms with Gasteiger partial charge in [-0.05, 0) is 49.4 Å². The van der Waals surface area contributed by atoms with E-state index in [9.17, 15) is 9.59 Å². The first-order chi connectivity index (χ1) is 16.5. The lowest BCUT2D eigenvalue weighted by Gasteiger charge is -2.30. The smallest absolute Gasteiger partial charge is 0.261 e. The molecule has 4 rings (SSSR count). The monoisotopic (exact) mass is 461 g/mol. The molecule has 0 aliphatic carbocycles. The van der Waals surface area contributed by atoms with Crippen molar-refractivity contribution in [1.82, 2.24) is 14.5 Å². The number of aromatic nitrogens is 2. The molecule has 0 aliphatic heterocycles. The van der Waals surface area contributed by atoms with Gasteiger partial charge in [0.05, 0.1) is 50.0 Å². The lowest BCUT2D eigenvalue weighted by Crippen LogP contribution is -2.38. The molecule has 8 nitrogen and oxygen atoms in total. The molecule has 0 N–H and O–H groups in total. The molecule has 176 valence electrons. The Morgan fingerprint density at radius 2 is 1.94 bits per heavy atom. The lowest BCUT2D eigenvalue weighted by molar-refractivity contribution is 0.0643. The second-order valence-electron chi connectivity index (χ2n) is 7.86. The molecule has 0 saturated carbocycles. The van der Waals surface area contributed by atoms with Gasteiger partial charge in [0.15, 0.2) is 0 Å². The van der Waals surface area contributed by atoms with E-state index in [4.69, 9.17) is 18.9 Å². The molecule has 1 unspecified atom stereocenters. The van der Waals surface area contributed by atoms with Crippen LogP contribution >= 0.6 is 0 Å². The lowest BCUT2D eigenvalue weighted by atomic mass is 10.1. The molecular weight excluding hydrogens is 434 g/mol. The van der Waals surface area contributed by atoms with Crippen LogP contribution in [-0.2, 0) is 17.8 Å². The van der Waals surface area contributed by atoms with E-state index in [1.807, 2.05) is 25.1 Å². The summed E-state index contributed by atoms with van der Waals surface area (Å²) in [6.45, 7) is 2.72. The van der Waals surface area contributed by atoms with Crippen molar-refractivity contribution in [2.24, 2.45) is 0 Å². The number of ether oxygens (including phenoxy) is 2. The maximum atomic E-state index is 13.7. The van der Waals surface area contributed by atoms with Crippen molar-refractivity contribution in [3.05, 3.63) is 94.4 Å². The van der Waals surface area contributed by atoms with Crippen LogP contribution in [0.3, 0.4) is 0 Å². The first kappa shape index (κ1) is 23.3. The van der Waals surface area contributed by atoms with E-state index in [-0.39, 0.29) is 18.0 Å². The maximum Gasteiger partial charge on any atom is 0.261 e. The van der Waals surface area contributed by atoms with Crippen LogP contribution in [0.1, 0.15) is 34.9 Å². The van der Waals surface area contributed by atoms with E-state index >= 15 is 0 Å². The minimum Gasteiger partial charge on any atom is -0.497 e. The topological polar surface area (TPSA) is 86.8 Å². The second-order valence-corrected chi connectivity index (χ2v) is 7.86. The molecule has 2 aromatic heterocycles. The number of hydrogen-bond acceptors (Lipinski definition) is 6. The first-order valence-corrected chi connectivity index (χ1v) is 11.0. The van der Waals surface area contributed by atoms with Gasteiger partial charge in [0, 0.05) is 12.7 Å². The fourth-order valence-corrected chi connectivity index (χ4v) is 3.92. The summed E-state index contributed by atoms with van der Waals surface area (Å²) in [5.41, 5.74) is 0.871. The van der Waals surface area contributed by atoms with Gasteiger partial charge in [-0.15, -0.1) is 0 Å². The van der Waals surface area contributed by atoms with Gasteiger partial charge in [-0.1, -0.05) is 18.2 Å². The molecule has 4 aromatic rings. The van der Waals surface area contributed by atoms with E-state index in [0.29, 0.717) is 47.0 Å². The number of nitrogens with zero attached hydrogens (tertiary/aromatic N) is 3. The molecule has 0 saturated heterocycles. The summed E-state index contributed by atoms with van der Waals surface area (Å²) in [7, 11) is 3.14. The second kappa shape index (κ2) is 10.4. The average Bonchev–Trinajstić information content (AvgIpc) is 3.39. The zero-order valence-electron chi connectivity index (χ0n) is 19.4. The molecule has 0 spiro atoms. The van der Waals surface area contributed by atoms with E-state index in [2.05, 4.69) is 0 Å². The van der Waals surface area contributed by atoms with Gasteiger partial charge in [-0.3, -0.25) is 14.2 Å². The minimum absolute atomic E-state index is 0.170. The van der Waals surface area contributed by atoms with Crippen LogP contribution in [0.25, 0.3) is 10.9 Å². The average molecular weight is 462 g/mol. The number of hydrogen-bond donors (Lipinski definition) is 0. The van der Waals surface area contributed by atoms with Gasteiger partial charge in [0.2, 0.25) is 0 Å². The Morgan fingerprint density at radius 1 is 1.12 bits per heavy atom. The fraction of sp³-hybridized carbons (Fsp3) is 0.269. The van der Waals surface area contributed by atoms with Gasteiger partial charge < -0.3 is 18.8 Å². The zero-order chi connectivity index (χ0) is 24.1.